The van der Waals surface area contributed by atoms with Crippen molar-refractivity contribution in [2.45, 2.75) is 46.6 Å². The average molecular weight is 527 g/mol. The Morgan fingerprint density at radius 1 is 1.35 bits per heavy atom. The van der Waals surface area contributed by atoms with Crippen LogP contribution in [0.4, 0.5) is 10.6 Å². The lowest BCUT2D eigenvalue weighted by atomic mass is 9.84. The summed E-state index contributed by atoms with van der Waals surface area (Å²) in [6.45, 7) is 11.6. The van der Waals surface area contributed by atoms with E-state index in [0.29, 0.717) is 34.2 Å². The highest BCUT2D eigenvalue weighted by atomic mass is 35.5. The second-order valence-electron chi connectivity index (χ2n) is 8.38. The number of hydrogen-bond acceptors (Lipinski definition) is 5. The van der Waals surface area contributed by atoms with Gasteiger partial charge in [0.05, 0.1) is 11.3 Å². The maximum atomic E-state index is 13.1. The molecule has 0 saturated heterocycles. The van der Waals surface area contributed by atoms with Crippen molar-refractivity contribution in [2.75, 3.05) is 11.9 Å². The molecule has 3 amide bonds. The number of aromatic nitrogens is 2. The molecule has 0 fully saturated rings. The number of aliphatic imine (C=N–C) groups is 1. The van der Waals surface area contributed by atoms with E-state index in [1.165, 1.54) is 11.0 Å². The molecule has 2 rings (SSSR count). The first kappa shape index (κ1) is 29.5. The number of anilines is 1. The predicted molar refractivity (Wildman–Crippen MR) is 150 cm³/mol. The van der Waals surface area contributed by atoms with Crippen LogP contribution in [0.15, 0.2) is 57.9 Å². The fourth-order valence-corrected chi connectivity index (χ4v) is 3.88. The van der Waals surface area contributed by atoms with Crippen molar-refractivity contribution in [2.24, 2.45) is 21.7 Å². The zero-order valence-corrected chi connectivity index (χ0v) is 22.4. The average Bonchev–Trinajstić information content (AvgIpc) is 3.22. The highest BCUT2D eigenvalue weighted by Crippen LogP contribution is 2.35. The SMILES string of the molecule is C=N/C=N\n1cc(C(=O)NCCC)c([C@H](/C=C(\C)Cl)C(C)/C=C/NC(=O)Nc2cccc(C)n2)c1CN. The van der Waals surface area contributed by atoms with E-state index in [4.69, 9.17) is 17.3 Å². The Labute approximate surface area is 222 Å². The number of rotatable bonds is 12. The monoisotopic (exact) mass is 526 g/mol. The molecule has 0 aliphatic heterocycles. The molecule has 2 heterocycles. The third-order valence-corrected chi connectivity index (χ3v) is 5.54. The highest BCUT2D eigenvalue weighted by Gasteiger charge is 2.28. The summed E-state index contributed by atoms with van der Waals surface area (Å²) in [4.78, 5) is 33.3. The lowest BCUT2D eigenvalue weighted by Crippen LogP contribution is -2.26. The third kappa shape index (κ3) is 8.69. The van der Waals surface area contributed by atoms with Crippen LogP contribution in [-0.4, -0.2) is 41.2 Å². The van der Waals surface area contributed by atoms with Crippen LogP contribution in [0.1, 0.15) is 60.4 Å². The van der Waals surface area contributed by atoms with Gasteiger partial charge in [0.25, 0.3) is 5.91 Å². The molecule has 0 aliphatic rings. The summed E-state index contributed by atoms with van der Waals surface area (Å²) in [5.41, 5.74) is 8.68. The second kappa shape index (κ2) is 14.7. The van der Waals surface area contributed by atoms with Gasteiger partial charge in [-0.15, -0.1) is 0 Å². The number of amides is 3. The number of halogens is 1. The summed E-state index contributed by atoms with van der Waals surface area (Å²) in [5, 5.41) is 13.1. The van der Waals surface area contributed by atoms with Crippen LogP contribution in [0.3, 0.4) is 0 Å². The van der Waals surface area contributed by atoms with Gasteiger partial charge in [-0.2, -0.15) is 5.10 Å². The Kier molecular flexibility index (Phi) is 11.7. The van der Waals surface area contributed by atoms with Gasteiger partial charge in [0.2, 0.25) is 0 Å². The van der Waals surface area contributed by atoms with Gasteiger partial charge in [-0.1, -0.05) is 43.7 Å². The van der Waals surface area contributed by atoms with Crippen molar-refractivity contribution in [3.05, 3.63) is 70.3 Å². The minimum atomic E-state index is -0.429. The number of carbonyl (C=O) groups excluding carboxylic acids is 2. The van der Waals surface area contributed by atoms with Gasteiger partial charge in [0.1, 0.15) is 12.2 Å². The summed E-state index contributed by atoms with van der Waals surface area (Å²) in [7, 11) is 0. The van der Waals surface area contributed by atoms with Crippen LogP contribution in [0.5, 0.6) is 0 Å². The number of pyridine rings is 1. The number of nitrogens with two attached hydrogens (primary N) is 1. The maximum absolute atomic E-state index is 13.1. The number of aryl methyl sites for hydroxylation is 1. The molecule has 198 valence electrons. The van der Waals surface area contributed by atoms with E-state index in [0.717, 1.165) is 12.1 Å². The van der Waals surface area contributed by atoms with Gasteiger partial charge in [-0.05, 0) is 50.6 Å². The van der Waals surface area contributed by atoms with Crippen LogP contribution in [-0.2, 0) is 6.54 Å². The van der Waals surface area contributed by atoms with Gasteiger partial charge in [0, 0.05) is 42.1 Å². The summed E-state index contributed by atoms with van der Waals surface area (Å²) >= 11 is 6.31. The molecule has 0 spiro atoms. The van der Waals surface area contributed by atoms with E-state index in [9.17, 15) is 9.59 Å². The smallest absolute Gasteiger partial charge is 0.324 e. The first-order chi connectivity index (χ1) is 17.7. The number of carbonyl (C=O) groups is 2. The number of nitrogens with zero attached hydrogens (tertiary/aromatic N) is 4. The molecule has 5 N–H and O–H groups in total. The number of urea groups is 1. The van der Waals surface area contributed by atoms with E-state index in [2.05, 4.69) is 37.7 Å². The molecule has 37 heavy (non-hydrogen) atoms. The van der Waals surface area contributed by atoms with Crippen LogP contribution in [0.2, 0.25) is 0 Å². The topological polar surface area (TPSA) is 139 Å². The summed E-state index contributed by atoms with van der Waals surface area (Å²) < 4.78 is 1.53. The van der Waals surface area contributed by atoms with E-state index >= 15 is 0 Å². The maximum Gasteiger partial charge on any atom is 0.324 e. The molecule has 0 saturated carbocycles. The quantitative estimate of drug-likeness (QED) is 0.239. The van der Waals surface area contributed by atoms with E-state index in [1.807, 2.05) is 45.1 Å². The van der Waals surface area contributed by atoms with Gasteiger partial charge in [-0.25, -0.2) is 14.5 Å². The van der Waals surface area contributed by atoms with Crippen LogP contribution >= 0.6 is 11.6 Å². The Morgan fingerprint density at radius 3 is 2.73 bits per heavy atom. The molecule has 2 atom stereocenters. The van der Waals surface area contributed by atoms with Gasteiger partial charge < -0.3 is 16.4 Å². The highest BCUT2D eigenvalue weighted by molar-refractivity contribution is 6.29. The predicted octanol–water partition coefficient (Wildman–Crippen LogP) is 4.48. The minimum Gasteiger partial charge on any atom is -0.352 e. The standard InChI is InChI=1S/C26H35ClN8O2/c1-6-11-30-25(36)21-15-35(32-16-29-5)22(14-28)24(21)20(13-18(3)27)17(2)10-12-31-26(37)34-23-9-7-8-19(4)33-23/h7-10,12-13,15-17,20H,5-6,11,14,28H2,1-4H3,(H,30,36)(H2,31,33,34,37)/b12-10+,18-13+,32-16-/t17?,20-/m1/s1. The van der Waals surface area contributed by atoms with E-state index in [1.54, 1.807) is 25.4 Å². The van der Waals surface area contributed by atoms with Gasteiger partial charge >= 0.3 is 6.03 Å². The van der Waals surface area contributed by atoms with Crippen molar-refractivity contribution in [1.29, 1.82) is 0 Å². The minimum absolute atomic E-state index is 0.122. The molecule has 11 heteroatoms. The largest absolute Gasteiger partial charge is 0.352 e. The van der Waals surface area contributed by atoms with E-state index < -0.39 is 6.03 Å². The first-order valence-electron chi connectivity index (χ1n) is 11.9. The molecule has 2 aromatic rings. The molecule has 0 aliphatic carbocycles. The zero-order chi connectivity index (χ0) is 27.4. The normalized spacial score (nSPS) is 13.5. The lowest BCUT2D eigenvalue weighted by Gasteiger charge is -2.21. The summed E-state index contributed by atoms with van der Waals surface area (Å²) in [6.07, 6.45) is 8.94. The third-order valence-electron chi connectivity index (χ3n) is 5.41. The van der Waals surface area contributed by atoms with Crippen LogP contribution < -0.4 is 21.7 Å². The van der Waals surface area contributed by atoms with Crippen LogP contribution in [0, 0.1) is 12.8 Å². The molecule has 0 bridgehead atoms. The van der Waals surface area contributed by atoms with Crippen molar-refractivity contribution >= 4 is 42.4 Å². The summed E-state index contributed by atoms with van der Waals surface area (Å²) in [5.74, 6) is -0.321. The molecule has 10 nitrogen and oxygen atoms in total. The number of allylic oxidation sites excluding steroid dienone is 3. The number of hydrogen-bond donors (Lipinski definition) is 4. The Hall–Kier alpha value is -3.76. The Balaban J connectivity index is 2.39. The van der Waals surface area contributed by atoms with Crippen molar-refractivity contribution in [3.8, 4) is 0 Å². The molecular weight excluding hydrogens is 492 g/mol. The molecule has 0 aromatic carbocycles. The van der Waals surface area contributed by atoms with E-state index in [-0.39, 0.29) is 24.3 Å². The van der Waals surface area contributed by atoms with Crippen LogP contribution in [0.25, 0.3) is 0 Å². The Morgan fingerprint density at radius 2 is 2.11 bits per heavy atom. The molecule has 1 unspecified atom stereocenters. The lowest BCUT2D eigenvalue weighted by molar-refractivity contribution is 0.0952. The fraction of sp³-hybridized carbons (Fsp3) is 0.346. The van der Waals surface area contributed by atoms with Crippen molar-refractivity contribution in [1.82, 2.24) is 20.3 Å². The second-order valence-corrected chi connectivity index (χ2v) is 8.98. The first-order valence-corrected chi connectivity index (χ1v) is 12.3. The van der Waals surface area contributed by atoms with Gasteiger partial charge in [0.15, 0.2) is 0 Å². The van der Waals surface area contributed by atoms with Gasteiger partial charge in [-0.3, -0.25) is 15.1 Å². The van der Waals surface area contributed by atoms with Crippen molar-refractivity contribution in [3.63, 3.8) is 0 Å². The van der Waals surface area contributed by atoms with Crippen molar-refractivity contribution < 1.29 is 9.59 Å². The molecular formula is C26H35ClN8O2. The zero-order valence-electron chi connectivity index (χ0n) is 21.7. The Bertz CT molecular complexity index is 1180. The fourth-order valence-electron chi connectivity index (χ4n) is 3.74. The molecule has 0 radical (unpaired) electrons. The number of nitrogens with one attached hydrogen (secondary N) is 3. The summed E-state index contributed by atoms with van der Waals surface area (Å²) in [6, 6.07) is 4.93. The molecule has 2 aromatic heterocycles.